The molecule has 0 aromatic carbocycles. The minimum atomic E-state index is -1.57. The molecule has 0 aliphatic rings. The number of rotatable bonds is 20. The van der Waals surface area contributed by atoms with Crippen LogP contribution in [-0.2, 0) is 28.6 Å². The summed E-state index contributed by atoms with van der Waals surface area (Å²) in [6, 6.07) is 0. The standard InChI is InChI=1S/C15H20N18O6/c16-28-22-3-10(4-23-29-17)37-13(34)1-9(15(36)39-12(7-26-32-20)8-27-33-21)2-14(35)38-11(5-24-30-18)6-25-31-19/h9-12H,1-8H2. The van der Waals surface area contributed by atoms with Crippen molar-refractivity contribution in [3.05, 3.63) is 62.7 Å². The van der Waals surface area contributed by atoms with Crippen LogP contribution in [0.25, 0.3) is 62.7 Å². The van der Waals surface area contributed by atoms with Gasteiger partial charge in [-0.25, -0.2) is 0 Å². The zero-order chi connectivity index (χ0) is 29.3. The second-order valence-corrected chi connectivity index (χ2v) is 6.87. The molecular formula is C15H20N18O6. The minimum Gasteiger partial charge on any atom is -0.462 e. The Bertz CT molecular complexity index is 1020. The molecule has 206 valence electrons. The number of esters is 3. The number of azide groups is 6. The van der Waals surface area contributed by atoms with Crippen molar-refractivity contribution < 1.29 is 28.6 Å². The van der Waals surface area contributed by atoms with E-state index in [1.54, 1.807) is 0 Å². The average molecular weight is 548 g/mol. The molecule has 0 fully saturated rings. The Morgan fingerprint density at radius 1 is 0.487 bits per heavy atom. The highest BCUT2D eigenvalue weighted by Gasteiger charge is 2.31. The number of nitrogens with zero attached hydrogens (tertiary/aromatic N) is 18. The molecule has 0 N–H and O–H groups in total. The van der Waals surface area contributed by atoms with Gasteiger partial charge in [-0.2, -0.15) is 0 Å². The van der Waals surface area contributed by atoms with Gasteiger partial charge in [0.05, 0.1) is 58.0 Å². The lowest BCUT2D eigenvalue weighted by molar-refractivity contribution is -0.164. The van der Waals surface area contributed by atoms with Gasteiger partial charge in [0, 0.05) is 29.5 Å². The minimum absolute atomic E-state index is 0.403. The molecular weight excluding hydrogens is 528 g/mol. The molecule has 0 aliphatic heterocycles. The first-order chi connectivity index (χ1) is 18.8. The summed E-state index contributed by atoms with van der Waals surface area (Å²) in [7, 11) is 0. The van der Waals surface area contributed by atoms with E-state index in [-0.39, 0.29) is 0 Å². The second-order valence-electron chi connectivity index (χ2n) is 6.87. The lowest BCUT2D eigenvalue weighted by Gasteiger charge is -2.21. The van der Waals surface area contributed by atoms with E-state index in [1.165, 1.54) is 0 Å². The Balaban J connectivity index is 5.82. The summed E-state index contributed by atoms with van der Waals surface area (Å²) < 4.78 is 15.3. The SMILES string of the molecule is [N-]=[N+]=NCC(CN=[N+]=[N-])OC(=O)CC(CC(=O)OC(CN=[N+]=[N-])CN=[N+]=[N-])C(=O)OC(CN=[N+]=[N-])CN=[N+]=[N-]. The van der Waals surface area contributed by atoms with E-state index in [0.29, 0.717) is 0 Å². The van der Waals surface area contributed by atoms with Gasteiger partial charge in [0.25, 0.3) is 0 Å². The molecule has 0 unspecified atom stereocenters. The van der Waals surface area contributed by atoms with Crippen LogP contribution in [0.5, 0.6) is 0 Å². The molecule has 0 aliphatic carbocycles. The molecule has 0 aromatic rings. The van der Waals surface area contributed by atoms with E-state index >= 15 is 0 Å². The first kappa shape index (κ1) is 33.3. The summed E-state index contributed by atoms with van der Waals surface area (Å²) in [5, 5.41) is 19.4. The van der Waals surface area contributed by atoms with Crippen LogP contribution in [0.2, 0.25) is 0 Å². The lowest BCUT2D eigenvalue weighted by Crippen LogP contribution is -2.33. The Morgan fingerprint density at radius 2 is 0.744 bits per heavy atom. The van der Waals surface area contributed by atoms with Gasteiger partial charge in [0.2, 0.25) is 0 Å². The molecule has 0 atom stereocenters. The molecule has 0 radical (unpaired) electrons. The Morgan fingerprint density at radius 3 is 1.00 bits per heavy atom. The van der Waals surface area contributed by atoms with Crippen LogP contribution in [0, 0.1) is 5.92 Å². The molecule has 0 bridgehead atoms. The maximum Gasteiger partial charge on any atom is 0.310 e. The predicted octanol–water partition coefficient (Wildman–Crippen LogP) is 3.98. The highest BCUT2D eigenvalue weighted by Crippen LogP contribution is 2.17. The van der Waals surface area contributed by atoms with Crippen LogP contribution in [0.3, 0.4) is 0 Å². The van der Waals surface area contributed by atoms with Crippen molar-refractivity contribution in [1.29, 1.82) is 0 Å². The van der Waals surface area contributed by atoms with Crippen molar-refractivity contribution >= 4 is 17.9 Å². The van der Waals surface area contributed by atoms with Crippen LogP contribution in [0.1, 0.15) is 12.8 Å². The van der Waals surface area contributed by atoms with Crippen LogP contribution in [-0.4, -0.2) is 75.5 Å². The number of carbonyl (C=O) groups excluding carboxylic acids is 3. The van der Waals surface area contributed by atoms with Gasteiger partial charge < -0.3 is 14.2 Å². The van der Waals surface area contributed by atoms with Crippen molar-refractivity contribution in [3.8, 4) is 0 Å². The van der Waals surface area contributed by atoms with Gasteiger partial charge >= 0.3 is 17.9 Å². The molecule has 0 amide bonds. The number of carbonyl (C=O) groups is 3. The molecule has 0 heterocycles. The van der Waals surface area contributed by atoms with Crippen LogP contribution in [0.4, 0.5) is 0 Å². The van der Waals surface area contributed by atoms with Crippen molar-refractivity contribution in [2.24, 2.45) is 36.6 Å². The van der Waals surface area contributed by atoms with E-state index in [9.17, 15) is 14.4 Å². The zero-order valence-corrected chi connectivity index (χ0v) is 20.0. The maximum absolute atomic E-state index is 12.8. The summed E-state index contributed by atoms with van der Waals surface area (Å²) in [6.45, 7) is -2.50. The summed E-state index contributed by atoms with van der Waals surface area (Å²) >= 11 is 0. The normalized spacial score (nSPS) is 12.3. The third kappa shape index (κ3) is 16.5. The fraction of sp³-hybridized carbons (Fsp3) is 0.800. The van der Waals surface area contributed by atoms with Gasteiger partial charge in [-0.1, -0.05) is 30.7 Å². The van der Waals surface area contributed by atoms with E-state index in [2.05, 4.69) is 60.2 Å². The first-order valence-electron chi connectivity index (χ1n) is 10.5. The van der Waals surface area contributed by atoms with Crippen molar-refractivity contribution in [2.75, 3.05) is 39.3 Å². The van der Waals surface area contributed by atoms with Gasteiger partial charge in [-0.15, -0.1) is 0 Å². The van der Waals surface area contributed by atoms with Crippen LogP contribution in [0.15, 0.2) is 30.7 Å². The third-order valence-electron chi connectivity index (χ3n) is 4.13. The zero-order valence-electron chi connectivity index (χ0n) is 20.0. The Labute approximate surface area is 216 Å². The monoisotopic (exact) mass is 548 g/mol. The third-order valence-corrected chi connectivity index (χ3v) is 4.13. The van der Waals surface area contributed by atoms with Gasteiger partial charge in [0.15, 0.2) is 0 Å². The molecule has 0 saturated carbocycles. The van der Waals surface area contributed by atoms with E-state index < -0.39 is 94.2 Å². The molecule has 39 heavy (non-hydrogen) atoms. The second kappa shape index (κ2) is 21.5. The average Bonchev–Trinajstić information content (AvgIpc) is 2.92. The Kier molecular flexibility index (Phi) is 18.4. The number of hydrogen-bond donors (Lipinski definition) is 0. The summed E-state index contributed by atoms with van der Waals surface area (Å²) in [6.07, 6.45) is -5.20. The summed E-state index contributed by atoms with van der Waals surface area (Å²) in [5.74, 6) is -4.91. The highest BCUT2D eigenvalue weighted by molar-refractivity contribution is 5.84. The summed E-state index contributed by atoms with van der Waals surface area (Å²) in [4.78, 5) is 52.9. The van der Waals surface area contributed by atoms with Gasteiger partial charge in [-0.05, 0) is 33.2 Å². The van der Waals surface area contributed by atoms with E-state index in [0.717, 1.165) is 0 Å². The number of hydrogen-bond acceptors (Lipinski definition) is 12. The lowest BCUT2D eigenvalue weighted by atomic mass is 10.0. The van der Waals surface area contributed by atoms with Crippen LogP contribution >= 0.6 is 0 Å². The fourth-order valence-electron chi connectivity index (χ4n) is 2.53. The Hall–Kier alpha value is -5.73. The topological polar surface area (TPSA) is 371 Å². The first-order valence-corrected chi connectivity index (χ1v) is 10.5. The fourth-order valence-corrected chi connectivity index (χ4v) is 2.53. The molecule has 24 nitrogen and oxygen atoms in total. The quantitative estimate of drug-likeness (QED) is 0.0710. The van der Waals surface area contributed by atoms with Crippen molar-refractivity contribution in [3.63, 3.8) is 0 Å². The van der Waals surface area contributed by atoms with Crippen LogP contribution < -0.4 is 0 Å². The smallest absolute Gasteiger partial charge is 0.310 e. The molecule has 0 saturated heterocycles. The van der Waals surface area contributed by atoms with Crippen molar-refractivity contribution in [2.45, 2.75) is 31.2 Å². The molecule has 0 spiro atoms. The van der Waals surface area contributed by atoms with Crippen molar-refractivity contribution in [1.82, 2.24) is 0 Å². The summed E-state index contributed by atoms with van der Waals surface area (Å²) in [5.41, 5.74) is 50.9. The van der Waals surface area contributed by atoms with E-state index in [4.69, 9.17) is 47.4 Å². The van der Waals surface area contributed by atoms with E-state index in [1.807, 2.05) is 0 Å². The molecule has 0 rings (SSSR count). The van der Waals surface area contributed by atoms with Gasteiger partial charge in [-0.3, -0.25) is 14.4 Å². The predicted molar refractivity (Wildman–Crippen MR) is 126 cm³/mol. The number of ether oxygens (including phenoxy) is 3. The van der Waals surface area contributed by atoms with Gasteiger partial charge in [0.1, 0.15) is 18.3 Å². The largest absolute Gasteiger partial charge is 0.462 e. The maximum atomic E-state index is 12.8. The molecule has 24 heteroatoms. The highest BCUT2D eigenvalue weighted by atomic mass is 16.6. The molecule has 0 aromatic heterocycles.